The van der Waals surface area contributed by atoms with Gasteiger partial charge in [0.25, 0.3) is 0 Å². The first-order valence-electron chi connectivity index (χ1n) is 5.32. The van der Waals surface area contributed by atoms with E-state index in [0.29, 0.717) is 13.0 Å². The van der Waals surface area contributed by atoms with E-state index in [0.717, 1.165) is 12.8 Å². The minimum absolute atomic E-state index is 0.178. The summed E-state index contributed by atoms with van der Waals surface area (Å²) in [6.45, 7) is 0.723. The molecule has 0 aliphatic rings. The first kappa shape index (κ1) is 14.9. The summed E-state index contributed by atoms with van der Waals surface area (Å²) >= 11 is 0. The van der Waals surface area contributed by atoms with Gasteiger partial charge in [-0.25, -0.2) is 0 Å². The lowest BCUT2D eigenvalue weighted by atomic mass is 10.2. The lowest BCUT2D eigenvalue weighted by molar-refractivity contribution is -0.137. The predicted molar refractivity (Wildman–Crippen MR) is 59.0 cm³/mol. The zero-order valence-corrected chi connectivity index (χ0v) is 9.57. The number of carboxylic acids is 1. The van der Waals surface area contributed by atoms with Crippen LogP contribution in [0.5, 0.6) is 0 Å². The molecule has 0 saturated carbocycles. The normalized spacial score (nSPS) is 12.1. The summed E-state index contributed by atoms with van der Waals surface area (Å²) in [5, 5.41) is 11.1. The number of aliphatic carboxylic acids is 1. The van der Waals surface area contributed by atoms with Crippen molar-refractivity contribution < 1.29 is 19.4 Å². The molecule has 0 aromatic rings. The molecule has 0 aliphatic heterocycles. The Morgan fingerprint density at radius 1 is 1.38 bits per heavy atom. The molecule has 0 rings (SSSR count). The van der Waals surface area contributed by atoms with Crippen LogP contribution in [0, 0.1) is 0 Å². The van der Waals surface area contributed by atoms with E-state index in [9.17, 15) is 9.59 Å². The molecule has 6 heteroatoms. The monoisotopic (exact) mass is 232 g/mol. The summed E-state index contributed by atoms with van der Waals surface area (Å²) in [4.78, 5) is 21.5. The van der Waals surface area contributed by atoms with Crippen LogP contribution in [0.25, 0.3) is 0 Å². The molecule has 0 saturated heterocycles. The number of amides is 1. The number of rotatable bonds is 9. The highest BCUT2D eigenvalue weighted by molar-refractivity contribution is 5.81. The van der Waals surface area contributed by atoms with Crippen molar-refractivity contribution in [1.29, 1.82) is 0 Å². The second-order valence-corrected chi connectivity index (χ2v) is 3.56. The zero-order chi connectivity index (χ0) is 12.4. The van der Waals surface area contributed by atoms with E-state index in [-0.39, 0.29) is 18.9 Å². The average Bonchev–Trinajstić information content (AvgIpc) is 2.22. The highest BCUT2D eigenvalue weighted by Crippen LogP contribution is 1.98. The van der Waals surface area contributed by atoms with Crippen LogP contribution in [0.4, 0.5) is 0 Å². The third-order valence-electron chi connectivity index (χ3n) is 2.05. The number of hydrogen-bond donors (Lipinski definition) is 3. The fourth-order valence-corrected chi connectivity index (χ4v) is 1.18. The van der Waals surface area contributed by atoms with Crippen molar-refractivity contribution in [2.45, 2.75) is 31.7 Å². The summed E-state index contributed by atoms with van der Waals surface area (Å²) in [5.74, 6) is -1.02. The van der Waals surface area contributed by atoms with E-state index in [1.54, 1.807) is 0 Å². The minimum Gasteiger partial charge on any atom is -0.481 e. The van der Waals surface area contributed by atoms with Gasteiger partial charge < -0.3 is 20.9 Å². The maximum atomic E-state index is 11.3. The molecule has 0 aromatic carbocycles. The molecule has 16 heavy (non-hydrogen) atoms. The van der Waals surface area contributed by atoms with E-state index in [1.165, 1.54) is 7.11 Å². The van der Waals surface area contributed by atoms with Crippen LogP contribution in [0.3, 0.4) is 0 Å². The van der Waals surface area contributed by atoms with Gasteiger partial charge in [-0.2, -0.15) is 0 Å². The van der Waals surface area contributed by atoms with Crippen molar-refractivity contribution in [3.8, 4) is 0 Å². The van der Waals surface area contributed by atoms with Crippen LogP contribution in [0.1, 0.15) is 25.7 Å². The van der Waals surface area contributed by atoms with Gasteiger partial charge in [0, 0.05) is 20.1 Å². The second-order valence-electron chi connectivity index (χ2n) is 3.56. The van der Waals surface area contributed by atoms with Gasteiger partial charge >= 0.3 is 5.97 Å². The minimum atomic E-state index is -0.786. The molecule has 0 bridgehead atoms. The number of ether oxygens (including phenoxy) is 1. The molecule has 0 aromatic heterocycles. The lowest BCUT2D eigenvalue weighted by Gasteiger charge is -2.10. The molecule has 94 valence electrons. The molecule has 0 fully saturated rings. The fraction of sp³-hybridized carbons (Fsp3) is 0.800. The number of methoxy groups -OCH3 is 1. The molecule has 4 N–H and O–H groups in total. The molecule has 0 radical (unpaired) electrons. The second kappa shape index (κ2) is 9.11. The van der Waals surface area contributed by atoms with Gasteiger partial charge in [-0.05, 0) is 12.8 Å². The number of unbranched alkanes of at least 4 members (excludes halogenated alkanes) is 2. The quantitative estimate of drug-likeness (QED) is 0.475. The molecule has 6 nitrogen and oxygen atoms in total. The molecule has 1 atom stereocenters. The van der Waals surface area contributed by atoms with Crippen molar-refractivity contribution in [3.63, 3.8) is 0 Å². The van der Waals surface area contributed by atoms with E-state index >= 15 is 0 Å². The van der Waals surface area contributed by atoms with E-state index in [4.69, 9.17) is 15.6 Å². The SMILES string of the molecule is COCC(N)C(=O)NCCCCCC(=O)O. The summed E-state index contributed by atoms with van der Waals surface area (Å²) in [6, 6.07) is -0.635. The van der Waals surface area contributed by atoms with Crippen molar-refractivity contribution in [3.05, 3.63) is 0 Å². The lowest BCUT2D eigenvalue weighted by Crippen LogP contribution is -2.43. The van der Waals surface area contributed by atoms with Crippen LogP contribution in [0.15, 0.2) is 0 Å². The Morgan fingerprint density at radius 2 is 2.06 bits per heavy atom. The number of nitrogens with two attached hydrogens (primary N) is 1. The van der Waals surface area contributed by atoms with Crippen LogP contribution < -0.4 is 11.1 Å². The molecule has 0 spiro atoms. The maximum absolute atomic E-state index is 11.3. The zero-order valence-electron chi connectivity index (χ0n) is 9.57. The smallest absolute Gasteiger partial charge is 0.303 e. The standard InChI is InChI=1S/C10H20N2O4/c1-16-7-8(11)10(15)12-6-4-2-3-5-9(13)14/h8H,2-7,11H2,1H3,(H,12,15)(H,13,14). The fourth-order valence-electron chi connectivity index (χ4n) is 1.18. The number of hydrogen-bond acceptors (Lipinski definition) is 4. The van der Waals surface area contributed by atoms with Gasteiger partial charge in [0.1, 0.15) is 6.04 Å². The van der Waals surface area contributed by atoms with Gasteiger partial charge in [-0.3, -0.25) is 9.59 Å². The largest absolute Gasteiger partial charge is 0.481 e. The topological polar surface area (TPSA) is 102 Å². The summed E-state index contributed by atoms with van der Waals surface area (Å²) < 4.78 is 4.74. The van der Waals surface area contributed by atoms with Crippen molar-refractivity contribution in [2.75, 3.05) is 20.3 Å². The van der Waals surface area contributed by atoms with Gasteiger partial charge in [0.05, 0.1) is 6.61 Å². The summed E-state index contributed by atoms with van der Waals surface area (Å²) in [7, 11) is 1.49. The molecule has 0 aliphatic carbocycles. The molecule has 1 unspecified atom stereocenters. The number of carbonyl (C=O) groups excluding carboxylic acids is 1. The Kier molecular flexibility index (Phi) is 8.46. The Balaban J connectivity index is 3.37. The Hall–Kier alpha value is -1.14. The summed E-state index contributed by atoms with van der Waals surface area (Å²) in [6.07, 6.45) is 2.36. The molecular formula is C10H20N2O4. The van der Waals surface area contributed by atoms with Crippen LogP contribution in [-0.4, -0.2) is 43.3 Å². The van der Waals surface area contributed by atoms with Gasteiger partial charge in [-0.1, -0.05) is 6.42 Å². The average molecular weight is 232 g/mol. The number of carboxylic acid groups (broad SMARTS) is 1. The Bertz CT molecular complexity index is 221. The van der Waals surface area contributed by atoms with Gasteiger partial charge in [-0.15, -0.1) is 0 Å². The van der Waals surface area contributed by atoms with E-state index in [2.05, 4.69) is 5.32 Å². The van der Waals surface area contributed by atoms with Crippen molar-refractivity contribution in [1.82, 2.24) is 5.32 Å². The number of carbonyl (C=O) groups is 2. The van der Waals surface area contributed by atoms with Crippen LogP contribution in [-0.2, 0) is 14.3 Å². The predicted octanol–water partition coefficient (Wildman–Crippen LogP) is -0.279. The van der Waals surface area contributed by atoms with E-state index in [1.807, 2.05) is 0 Å². The highest BCUT2D eigenvalue weighted by atomic mass is 16.5. The van der Waals surface area contributed by atoms with Crippen molar-refractivity contribution >= 4 is 11.9 Å². The first-order chi connectivity index (χ1) is 7.57. The van der Waals surface area contributed by atoms with Gasteiger partial charge in [0.15, 0.2) is 0 Å². The van der Waals surface area contributed by atoms with Crippen LogP contribution >= 0.6 is 0 Å². The number of nitrogens with one attached hydrogen (secondary N) is 1. The van der Waals surface area contributed by atoms with E-state index < -0.39 is 12.0 Å². The highest BCUT2D eigenvalue weighted by Gasteiger charge is 2.11. The van der Waals surface area contributed by atoms with Crippen LogP contribution in [0.2, 0.25) is 0 Å². The molecular weight excluding hydrogens is 212 g/mol. The maximum Gasteiger partial charge on any atom is 0.303 e. The third-order valence-corrected chi connectivity index (χ3v) is 2.05. The first-order valence-corrected chi connectivity index (χ1v) is 5.32. The van der Waals surface area contributed by atoms with Gasteiger partial charge in [0.2, 0.25) is 5.91 Å². The Labute approximate surface area is 95.1 Å². The third kappa shape index (κ3) is 8.19. The Morgan fingerprint density at radius 3 is 2.62 bits per heavy atom. The molecule has 0 heterocycles. The summed E-state index contributed by atoms with van der Waals surface area (Å²) in [5.41, 5.74) is 5.49. The van der Waals surface area contributed by atoms with Crippen molar-refractivity contribution in [2.24, 2.45) is 5.73 Å². The molecule has 1 amide bonds.